The fourth-order valence-electron chi connectivity index (χ4n) is 2.73. The quantitative estimate of drug-likeness (QED) is 0.311. The van der Waals surface area contributed by atoms with Crippen LogP contribution in [0.3, 0.4) is 0 Å². The highest BCUT2D eigenvalue weighted by molar-refractivity contribution is 7.99. The number of allylic oxidation sites excluding steroid dienone is 2. The number of esters is 2. The lowest BCUT2D eigenvalue weighted by atomic mass is 9.93. The average molecular weight is 421 g/mol. The van der Waals surface area contributed by atoms with Crippen LogP contribution in [0.2, 0.25) is 0 Å². The summed E-state index contributed by atoms with van der Waals surface area (Å²) in [5.41, 5.74) is 0.672. The molecule has 9 heteroatoms. The van der Waals surface area contributed by atoms with Gasteiger partial charge >= 0.3 is 11.9 Å². The summed E-state index contributed by atoms with van der Waals surface area (Å²) in [7, 11) is 0. The Balaban J connectivity index is 1.24. The molecule has 30 heavy (non-hydrogen) atoms. The highest BCUT2D eigenvalue weighted by Gasteiger charge is 2.33. The van der Waals surface area contributed by atoms with Gasteiger partial charge in [-0.15, -0.1) is 10.2 Å². The van der Waals surface area contributed by atoms with E-state index >= 15 is 0 Å². The molecule has 2 unspecified atom stereocenters. The van der Waals surface area contributed by atoms with Crippen LogP contribution in [-0.2, 0) is 19.1 Å². The van der Waals surface area contributed by atoms with E-state index in [1.54, 1.807) is 42.8 Å². The van der Waals surface area contributed by atoms with Gasteiger partial charge in [0.15, 0.2) is 6.61 Å². The Kier molecular flexibility index (Phi) is 6.06. The third kappa shape index (κ3) is 4.67. The monoisotopic (exact) mass is 421 g/mol. The van der Waals surface area contributed by atoms with E-state index in [-0.39, 0.29) is 24.2 Å². The summed E-state index contributed by atoms with van der Waals surface area (Å²) in [6, 6.07) is 3.55. The van der Waals surface area contributed by atoms with Gasteiger partial charge in [0.05, 0.1) is 5.75 Å². The lowest BCUT2D eigenvalue weighted by Gasteiger charge is -2.26. The lowest BCUT2D eigenvalue weighted by molar-refractivity contribution is -0.150. The molecule has 0 saturated heterocycles. The molecule has 1 aliphatic heterocycles. The Labute approximate surface area is 176 Å². The van der Waals surface area contributed by atoms with E-state index in [1.165, 1.54) is 11.8 Å². The number of fused-ring (bicyclic) bond motifs is 1. The van der Waals surface area contributed by atoms with Gasteiger partial charge in [-0.05, 0) is 18.2 Å². The van der Waals surface area contributed by atoms with Crippen LogP contribution in [0, 0.1) is 17.8 Å². The predicted octanol–water partition coefficient (Wildman–Crippen LogP) is 2.36. The van der Waals surface area contributed by atoms with Gasteiger partial charge in [-0.2, -0.15) is 0 Å². The molecule has 3 heterocycles. The second-order valence-corrected chi connectivity index (χ2v) is 7.05. The molecule has 2 aliphatic rings. The maximum atomic E-state index is 12.1. The number of rotatable bonds is 5. The third-order valence-electron chi connectivity index (χ3n) is 4.17. The molecule has 8 nitrogen and oxygen atoms in total. The van der Waals surface area contributed by atoms with E-state index in [4.69, 9.17) is 13.9 Å². The Bertz CT molecular complexity index is 1090. The van der Waals surface area contributed by atoms with Crippen molar-refractivity contribution in [3.05, 3.63) is 60.5 Å². The number of aromatic nitrogens is 3. The van der Waals surface area contributed by atoms with Gasteiger partial charge in [0.2, 0.25) is 5.89 Å². The molecule has 2 aromatic rings. The van der Waals surface area contributed by atoms with Gasteiger partial charge in [0, 0.05) is 23.9 Å². The van der Waals surface area contributed by atoms with E-state index in [9.17, 15) is 9.59 Å². The molecule has 0 radical (unpaired) electrons. The first kappa shape index (κ1) is 19.7. The van der Waals surface area contributed by atoms with Crippen LogP contribution in [0.5, 0.6) is 0 Å². The second kappa shape index (κ2) is 9.24. The highest BCUT2D eigenvalue weighted by atomic mass is 32.2. The minimum Gasteiger partial charge on any atom is -0.453 e. The number of carbonyl (C=O) groups excluding carboxylic acids is 2. The van der Waals surface area contributed by atoms with Crippen LogP contribution < -0.4 is 0 Å². The van der Waals surface area contributed by atoms with Crippen LogP contribution in [0.25, 0.3) is 11.5 Å². The number of hydrogen-bond donors (Lipinski definition) is 0. The van der Waals surface area contributed by atoms with Gasteiger partial charge in [-0.1, -0.05) is 47.9 Å². The number of thioether (sulfide) groups is 1. The standard InChI is InChI=1S/C21H15N3O5S/c25-19(16-13-15-5-1-2-6-17(15)28-20(16)26)27-11-3-4-12-30-21-24-23-18(29-21)14-7-9-22-10-8-14/h1-2,5-10,13,15,17H,11-12H2. The van der Waals surface area contributed by atoms with Crippen molar-refractivity contribution in [3.63, 3.8) is 0 Å². The van der Waals surface area contributed by atoms with Crippen LogP contribution in [0.1, 0.15) is 0 Å². The van der Waals surface area contributed by atoms with Crippen molar-refractivity contribution in [2.75, 3.05) is 12.4 Å². The normalized spacial score (nSPS) is 19.2. The first-order chi connectivity index (χ1) is 14.7. The zero-order chi connectivity index (χ0) is 20.8. The Hall–Kier alpha value is -3.64. The van der Waals surface area contributed by atoms with E-state index in [0.717, 1.165) is 5.56 Å². The molecule has 2 aromatic heterocycles. The Morgan fingerprint density at radius 1 is 1.17 bits per heavy atom. The van der Waals surface area contributed by atoms with Gasteiger partial charge in [-0.25, -0.2) is 9.59 Å². The molecule has 0 saturated carbocycles. The van der Waals surface area contributed by atoms with Crippen molar-refractivity contribution in [3.8, 4) is 23.3 Å². The lowest BCUT2D eigenvalue weighted by Crippen LogP contribution is -2.33. The summed E-state index contributed by atoms with van der Waals surface area (Å²) >= 11 is 1.27. The number of carbonyl (C=O) groups is 2. The van der Waals surface area contributed by atoms with Crippen molar-refractivity contribution in [1.82, 2.24) is 15.2 Å². The summed E-state index contributed by atoms with van der Waals surface area (Å²) in [6.07, 6.45) is 11.7. The average Bonchev–Trinajstić information content (AvgIpc) is 3.25. The first-order valence-electron chi connectivity index (χ1n) is 8.98. The van der Waals surface area contributed by atoms with Crippen molar-refractivity contribution in [1.29, 1.82) is 0 Å². The first-order valence-corrected chi connectivity index (χ1v) is 9.96. The van der Waals surface area contributed by atoms with Crippen LogP contribution in [0.15, 0.2) is 70.1 Å². The number of pyridine rings is 1. The molecule has 1 aliphatic carbocycles. The highest BCUT2D eigenvalue weighted by Crippen LogP contribution is 2.25. The topological polar surface area (TPSA) is 104 Å². The number of ether oxygens (including phenoxy) is 2. The molecule has 2 atom stereocenters. The summed E-state index contributed by atoms with van der Waals surface area (Å²) in [5, 5.41) is 8.30. The summed E-state index contributed by atoms with van der Waals surface area (Å²) < 4.78 is 15.8. The van der Waals surface area contributed by atoms with Gasteiger partial charge < -0.3 is 13.9 Å². The van der Waals surface area contributed by atoms with Gasteiger partial charge in [0.25, 0.3) is 5.22 Å². The molecular formula is C21H15N3O5S. The Morgan fingerprint density at radius 3 is 2.87 bits per heavy atom. The minimum absolute atomic E-state index is 0.109. The predicted molar refractivity (Wildman–Crippen MR) is 107 cm³/mol. The fraction of sp³-hybridized carbons (Fsp3) is 0.190. The van der Waals surface area contributed by atoms with Crippen LogP contribution in [-0.4, -0.2) is 45.6 Å². The molecule has 0 amide bonds. The number of hydrogen-bond acceptors (Lipinski definition) is 9. The van der Waals surface area contributed by atoms with Gasteiger partial charge in [0.1, 0.15) is 11.7 Å². The molecule has 0 spiro atoms. The van der Waals surface area contributed by atoms with Crippen LogP contribution >= 0.6 is 11.8 Å². The maximum absolute atomic E-state index is 12.1. The Morgan fingerprint density at radius 2 is 2.00 bits per heavy atom. The molecular weight excluding hydrogens is 406 g/mol. The summed E-state index contributed by atoms with van der Waals surface area (Å²) in [4.78, 5) is 28.0. The minimum atomic E-state index is -0.748. The zero-order valence-electron chi connectivity index (χ0n) is 15.6. The van der Waals surface area contributed by atoms with Gasteiger partial charge in [-0.3, -0.25) is 4.98 Å². The third-order valence-corrected chi connectivity index (χ3v) is 4.87. The van der Waals surface area contributed by atoms with E-state index in [2.05, 4.69) is 27.0 Å². The van der Waals surface area contributed by atoms with E-state index in [0.29, 0.717) is 16.9 Å². The van der Waals surface area contributed by atoms with Crippen molar-refractivity contribution in [2.45, 2.75) is 11.3 Å². The van der Waals surface area contributed by atoms with E-state index in [1.807, 2.05) is 12.2 Å². The fourth-order valence-corrected chi connectivity index (χ4v) is 3.26. The van der Waals surface area contributed by atoms with Crippen molar-refractivity contribution >= 4 is 23.7 Å². The summed E-state index contributed by atoms with van der Waals surface area (Å²) in [6.45, 7) is -0.139. The largest absolute Gasteiger partial charge is 0.453 e. The molecule has 150 valence electrons. The summed E-state index contributed by atoms with van der Waals surface area (Å²) in [5.74, 6) is 4.74. The van der Waals surface area contributed by atoms with Crippen molar-refractivity contribution < 1.29 is 23.5 Å². The smallest absolute Gasteiger partial charge is 0.346 e. The van der Waals surface area contributed by atoms with Crippen LogP contribution in [0.4, 0.5) is 0 Å². The number of nitrogens with zero attached hydrogens (tertiary/aromatic N) is 3. The second-order valence-electron chi connectivity index (χ2n) is 6.12. The molecule has 0 fully saturated rings. The maximum Gasteiger partial charge on any atom is 0.346 e. The molecule has 4 rings (SSSR count). The molecule has 0 bridgehead atoms. The van der Waals surface area contributed by atoms with E-state index < -0.39 is 11.9 Å². The molecule has 0 aromatic carbocycles. The zero-order valence-corrected chi connectivity index (χ0v) is 16.4. The van der Waals surface area contributed by atoms with Crippen molar-refractivity contribution in [2.24, 2.45) is 5.92 Å². The molecule has 0 N–H and O–H groups in total. The SMILES string of the molecule is O=C(OCC#CCSc1nnc(-c2ccncc2)o1)C1=CC2C=CC=CC2OC1=O.